The SMILES string of the molecule is O=S(=O)([O-])[O-].ON=C1CCCCC1.[NH4+].[NH4+]. The standard InChI is InChI=1S/C6H11NO.2H3N.H2O4S/c8-7-6-4-2-1-3-5-6;;;1-5(2,3)4/h8H,1-5H2;2*1H3;(H2,1,2,3,4). The molecular formula is C6H19N3O5S. The van der Waals surface area contributed by atoms with Crippen molar-refractivity contribution in [3.8, 4) is 0 Å². The minimum absolute atomic E-state index is 0. The smallest absolute Gasteiger partial charge is 0.0570 e. The fraction of sp³-hybridized carbons (Fsp3) is 0.833. The first kappa shape index (κ1) is 19.8. The lowest BCUT2D eigenvalue weighted by Gasteiger charge is -2.08. The van der Waals surface area contributed by atoms with Crippen molar-refractivity contribution in [1.82, 2.24) is 12.3 Å². The van der Waals surface area contributed by atoms with Crippen LogP contribution < -0.4 is 12.3 Å². The monoisotopic (exact) mass is 245 g/mol. The zero-order valence-electron chi connectivity index (χ0n) is 8.97. The summed E-state index contributed by atoms with van der Waals surface area (Å²) in [5, 5.41) is 11.4. The predicted molar refractivity (Wildman–Crippen MR) is 54.8 cm³/mol. The highest BCUT2D eigenvalue weighted by Crippen LogP contribution is 2.13. The van der Waals surface area contributed by atoms with Crippen LogP contribution in [-0.4, -0.2) is 28.4 Å². The lowest BCUT2D eigenvalue weighted by molar-refractivity contribution is 0.314. The Kier molecular flexibility index (Phi) is 12.9. The van der Waals surface area contributed by atoms with E-state index in [9.17, 15) is 0 Å². The Morgan fingerprint density at radius 3 is 1.60 bits per heavy atom. The van der Waals surface area contributed by atoms with Crippen molar-refractivity contribution >= 4 is 16.1 Å². The lowest BCUT2D eigenvalue weighted by Crippen LogP contribution is -2.03. The van der Waals surface area contributed by atoms with E-state index in [1.807, 2.05) is 0 Å². The Labute approximate surface area is 89.1 Å². The van der Waals surface area contributed by atoms with Gasteiger partial charge < -0.3 is 26.6 Å². The molecule has 0 heterocycles. The van der Waals surface area contributed by atoms with Gasteiger partial charge in [-0.1, -0.05) is 11.6 Å². The Balaban J connectivity index is -0.000000185. The number of hydrogen-bond donors (Lipinski definition) is 3. The van der Waals surface area contributed by atoms with Crippen LogP contribution in [0.15, 0.2) is 5.16 Å². The second-order valence-electron chi connectivity index (χ2n) is 2.64. The summed E-state index contributed by atoms with van der Waals surface area (Å²) in [6.07, 6.45) is 5.74. The molecular weight excluding hydrogens is 226 g/mol. The molecule has 1 saturated carbocycles. The van der Waals surface area contributed by atoms with Crippen LogP contribution in [0.4, 0.5) is 0 Å². The molecule has 0 amide bonds. The number of oxime groups is 1. The van der Waals surface area contributed by atoms with Crippen LogP contribution in [0, 0.1) is 0 Å². The molecule has 0 atom stereocenters. The fourth-order valence-corrected chi connectivity index (χ4v) is 1.06. The van der Waals surface area contributed by atoms with E-state index in [1.165, 1.54) is 19.3 Å². The van der Waals surface area contributed by atoms with Crippen LogP contribution in [0.3, 0.4) is 0 Å². The average molecular weight is 245 g/mol. The van der Waals surface area contributed by atoms with E-state index in [0.717, 1.165) is 18.6 Å². The summed E-state index contributed by atoms with van der Waals surface area (Å²) in [4.78, 5) is 0. The van der Waals surface area contributed by atoms with Gasteiger partial charge in [0.2, 0.25) is 0 Å². The third-order valence-corrected chi connectivity index (χ3v) is 1.57. The van der Waals surface area contributed by atoms with Crippen molar-refractivity contribution in [2.45, 2.75) is 32.1 Å². The van der Waals surface area contributed by atoms with E-state index in [2.05, 4.69) is 5.16 Å². The summed E-state index contributed by atoms with van der Waals surface area (Å²) < 4.78 is 34.1. The molecule has 0 radical (unpaired) electrons. The molecule has 0 bridgehead atoms. The molecule has 9 N–H and O–H groups in total. The van der Waals surface area contributed by atoms with Gasteiger partial charge in [-0.2, -0.15) is 0 Å². The highest BCUT2D eigenvalue weighted by molar-refractivity contribution is 7.79. The van der Waals surface area contributed by atoms with Gasteiger partial charge in [-0.15, -0.1) is 0 Å². The summed E-state index contributed by atoms with van der Waals surface area (Å²) in [5.74, 6) is 0. The number of rotatable bonds is 0. The van der Waals surface area contributed by atoms with E-state index in [0.29, 0.717) is 0 Å². The Morgan fingerprint density at radius 2 is 1.40 bits per heavy atom. The molecule has 0 unspecified atom stereocenters. The van der Waals surface area contributed by atoms with Crippen molar-refractivity contribution < 1.29 is 22.7 Å². The molecule has 1 rings (SSSR count). The Hall–Kier alpha value is -0.740. The van der Waals surface area contributed by atoms with Gasteiger partial charge in [0, 0.05) is 10.4 Å². The summed E-state index contributed by atoms with van der Waals surface area (Å²) in [5.41, 5.74) is 0.983. The third kappa shape index (κ3) is 19.6. The van der Waals surface area contributed by atoms with Crippen molar-refractivity contribution in [2.75, 3.05) is 0 Å². The fourth-order valence-electron chi connectivity index (χ4n) is 1.06. The van der Waals surface area contributed by atoms with Crippen LogP contribution in [0.25, 0.3) is 0 Å². The van der Waals surface area contributed by atoms with Crippen LogP contribution >= 0.6 is 0 Å². The molecule has 0 aromatic carbocycles. The predicted octanol–water partition coefficient (Wildman–Crippen LogP) is 1.20. The normalized spacial score (nSPS) is 14.9. The molecule has 0 aromatic rings. The van der Waals surface area contributed by atoms with Gasteiger partial charge in [0.1, 0.15) is 0 Å². The number of hydrogen-bond acceptors (Lipinski definition) is 6. The Bertz CT molecular complexity index is 248. The average Bonchev–Trinajstić information content (AvgIpc) is 2.03. The van der Waals surface area contributed by atoms with Crippen molar-refractivity contribution in [3.05, 3.63) is 0 Å². The number of nitrogens with zero attached hydrogens (tertiary/aromatic N) is 1. The van der Waals surface area contributed by atoms with Gasteiger partial charge in [-0.05, 0) is 25.7 Å². The highest BCUT2D eigenvalue weighted by Gasteiger charge is 2.05. The van der Waals surface area contributed by atoms with Gasteiger partial charge in [0.05, 0.1) is 5.71 Å². The first-order valence-electron chi connectivity index (χ1n) is 3.80. The molecule has 0 saturated heterocycles. The summed E-state index contributed by atoms with van der Waals surface area (Å²) >= 11 is 0. The third-order valence-electron chi connectivity index (χ3n) is 1.57. The molecule has 0 aromatic heterocycles. The van der Waals surface area contributed by atoms with Crippen LogP contribution in [0.1, 0.15) is 32.1 Å². The van der Waals surface area contributed by atoms with E-state index in [1.54, 1.807) is 0 Å². The maximum atomic E-state index is 8.52. The zero-order chi connectivity index (χ0) is 10.3. The van der Waals surface area contributed by atoms with E-state index in [4.69, 9.17) is 22.7 Å². The maximum absolute atomic E-state index is 8.52. The van der Waals surface area contributed by atoms with Crippen molar-refractivity contribution in [2.24, 2.45) is 5.16 Å². The molecule has 0 aliphatic heterocycles. The van der Waals surface area contributed by atoms with Crippen LogP contribution in [-0.2, 0) is 10.4 Å². The second kappa shape index (κ2) is 9.80. The highest BCUT2D eigenvalue weighted by atomic mass is 32.3. The minimum Gasteiger partial charge on any atom is -0.759 e. The van der Waals surface area contributed by atoms with Crippen LogP contribution in [0.2, 0.25) is 0 Å². The largest absolute Gasteiger partial charge is 0.759 e. The Morgan fingerprint density at radius 1 is 1.07 bits per heavy atom. The first-order valence-corrected chi connectivity index (χ1v) is 5.13. The van der Waals surface area contributed by atoms with Crippen LogP contribution in [0.5, 0.6) is 0 Å². The van der Waals surface area contributed by atoms with E-state index in [-0.39, 0.29) is 12.3 Å². The molecule has 1 aliphatic carbocycles. The van der Waals surface area contributed by atoms with Crippen molar-refractivity contribution in [1.29, 1.82) is 0 Å². The second-order valence-corrected chi connectivity index (χ2v) is 3.45. The molecule has 94 valence electrons. The number of quaternary nitrogens is 2. The lowest BCUT2D eigenvalue weighted by atomic mass is 9.99. The summed E-state index contributed by atoms with van der Waals surface area (Å²) in [6, 6.07) is 0. The molecule has 1 aliphatic rings. The maximum Gasteiger partial charge on any atom is 0.0570 e. The van der Waals surface area contributed by atoms with E-state index < -0.39 is 10.4 Å². The molecule has 8 nitrogen and oxygen atoms in total. The molecule has 15 heavy (non-hydrogen) atoms. The van der Waals surface area contributed by atoms with Gasteiger partial charge in [0.25, 0.3) is 0 Å². The minimum atomic E-state index is -5.17. The zero-order valence-corrected chi connectivity index (χ0v) is 9.79. The molecule has 0 spiro atoms. The van der Waals surface area contributed by atoms with E-state index >= 15 is 0 Å². The molecule has 9 heteroatoms. The summed E-state index contributed by atoms with van der Waals surface area (Å²) in [6.45, 7) is 0. The van der Waals surface area contributed by atoms with Gasteiger partial charge in [-0.25, -0.2) is 0 Å². The van der Waals surface area contributed by atoms with Crippen molar-refractivity contribution in [3.63, 3.8) is 0 Å². The van der Waals surface area contributed by atoms with Gasteiger partial charge in [0.15, 0.2) is 0 Å². The first-order chi connectivity index (χ1) is 5.93. The quantitative estimate of drug-likeness (QED) is 0.250. The topological polar surface area (TPSA) is 186 Å². The molecule has 1 fully saturated rings. The summed E-state index contributed by atoms with van der Waals surface area (Å²) in [7, 11) is -5.17. The van der Waals surface area contributed by atoms with Gasteiger partial charge >= 0.3 is 0 Å². The van der Waals surface area contributed by atoms with Gasteiger partial charge in [-0.3, -0.25) is 8.42 Å².